The summed E-state index contributed by atoms with van der Waals surface area (Å²) in [4.78, 5) is 0. The molecule has 1 fully saturated rings. The standard InChI is InChI=1S/C15H24BrNS/c1-3-11-6-5-7-12(8-11)15(17-4-2)13-9-18-10-14(13)16/h9-12,15,17H,3-8H2,1-2H3. The molecule has 1 aliphatic rings. The highest BCUT2D eigenvalue weighted by Gasteiger charge is 2.29. The lowest BCUT2D eigenvalue weighted by molar-refractivity contribution is 0.210. The van der Waals surface area contributed by atoms with Crippen molar-refractivity contribution in [2.45, 2.75) is 52.0 Å². The minimum Gasteiger partial charge on any atom is -0.310 e. The van der Waals surface area contributed by atoms with Crippen LogP contribution in [-0.4, -0.2) is 6.54 Å². The summed E-state index contributed by atoms with van der Waals surface area (Å²) in [5.74, 6) is 1.76. The minimum absolute atomic E-state index is 0.546. The highest BCUT2D eigenvalue weighted by Crippen LogP contribution is 2.41. The SMILES string of the molecule is CCNC(c1cscc1Br)C1CCCC(CC)C1. The van der Waals surface area contributed by atoms with Crippen molar-refractivity contribution in [2.75, 3.05) is 6.54 Å². The van der Waals surface area contributed by atoms with Gasteiger partial charge in [-0.15, -0.1) is 0 Å². The molecule has 2 rings (SSSR count). The zero-order valence-corrected chi connectivity index (χ0v) is 13.8. The van der Waals surface area contributed by atoms with Gasteiger partial charge >= 0.3 is 0 Å². The highest BCUT2D eigenvalue weighted by molar-refractivity contribution is 9.10. The lowest BCUT2D eigenvalue weighted by Crippen LogP contribution is -2.31. The smallest absolute Gasteiger partial charge is 0.0368 e. The summed E-state index contributed by atoms with van der Waals surface area (Å²) in [6.45, 7) is 5.61. The molecule has 1 nitrogen and oxygen atoms in total. The maximum absolute atomic E-state index is 3.72. The Morgan fingerprint density at radius 2 is 2.22 bits per heavy atom. The van der Waals surface area contributed by atoms with Crippen LogP contribution in [0.15, 0.2) is 15.2 Å². The van der Waals surface area contributed by atoms with E-state index < -0.39 is 0 Å². The molecule has 1 aliphatic carbocycles. The van der Waals surface area contributed by atoms with E-state index in [1.54, 1.807) is 11.3 Å². The number of hydrogen-bond donors (Lipinski definition) is 1. The summed E-state index contributed by atoms with van der Waals surface area (Å²) < 4.78 is 1.29. The maximum atomic E-state index is 3.72. The van der Waals surface area contributed by atoms with Crippen LogP contribution in [0.1, 0.15) is 57.6 Å². The molecule has 3 heteroatoms. The maximum Gasteiger partial charge on any atom is 0.0368 e. The monoisotopic (exact) mass is 329 g/mol. The van der Waals surface area contributed by atoms with Crippen LogP contribution in [0.2, 0.25) is 0 Å². The van der Waals surface area contributed by atoms with Gasteiger partial charge in [0.05, 0.1) is 0 Å². The fourth-order valence-corrected chi connectivity index (χ4v) is 4.85. The molecule has 0 aromatic carbocycles. The third kappa shape index (κ3) is 3.37. The van der Waals surface area contributed by atoms with Crippen molar-refractivity contribution >= 4 is 27.3 Å². The molecule has 1 heterocycles. The molecule has 1 saturated carbocycles. The van der Waals surface area contributed by atoms with Crippen molar-refractivity contribution in [3.05, 3.63) is 20.8 Å². The molecule has 0 amide bonds. The van der Waals surface area contributed by atoms with Crippen LogP contribution in [0.5, 0.6) is 0 Å². The van der Waals surface area contributed by atoms with Crippen LogP contribution in [0.3, 0.4) is 0 Å². The number of thiophene rings is 1. The Kier molecular flexibility index (Phi) is 5.71. The second-order valence-corrected chi connectivity index (χ2v) is 7.01. The van der Waals surface area contributed by atoms with Gasteiger partial charge in [0.15, 0.2) is 0 Å². The first-order valence-electron chi connectivity index (χ1n) is 7.21. The van der Waals surface area contributed by atoms with E-state index in [9.17, 15) is 0 Å². The van der Waals surface area contributed by atoms with Crippen LogP contribution < -0.4 is 5.32 Å². The van der Waals surface area contributed by atoms with Crippen molar-refractivity contribution < 1.29 is 0 Å². The van der Waals surface area contributed by atoms with E-state index >= 15 is 0 Å². The number of halogens is 1. The van der Waals surface area contributed by atoms with Crippen LogP contribution >= 0.6 is 27.3 Å². The summed E-state index contributed by atoms with van der Waals surface area (Å²) >= 11 is 5.51. The summed E-state index contributed by atoms with van der Waals surface area (Å²) in [6.07, 6.45) is 6.98. The van der Waals surface area contributed by atoms with E-state index in [0.29, 0.717) is 6.04 Å². The van der Waals surface area contributed by atoms with E-state index in [2.05, 4.69) is 45.9 Å². The quantitative estimate of drug-likeness (QED) is 0.764. The average Bonchev–Trinajstić information content (AvgIpc) is 2.82. The van der Waals surface area contributed by atoms with Crippen LogP contribution in [0, 0.1) is 11.8 Å². The van der Waals surface area contributed by atoms with Gasteiger partial charge in [0.25, 0.3) is 0 Å². The molecule has 0 spiro atoms. The molecule has 0 radical (unpaired) electrons. The Labute approximate surface area is 123 Å². The molecule has 1 N–H and O–H groups in total. The molecule has 1 aromatic heterocycles. The normalized spacial score (nSPS) is 26.2. The zero-order chi connectivity index (χ0) is 13.0. The van der Waals surface area contributed by atoms with Gasteiger partial charge in [-0.3, -0.25) is 0 Å². The van der Waals surface area contributed by atoms with E-state index in [-0.39, 0.29) is 0 Å². The topological polar surface area (TPSA) is 12.0 Å². The summed E-state index contributed by atoms with van der Waals surface area (Å²) in [5.41, 5.74) is 1.48. The fourth-order valence-electron chi connectivity index (χ4n) is 3.27. The second-order valence-electron chi connectivity index (χ2n) is 5.41. The summed E-state index contributed by atoms with van der Waals surface area (Å²) in [6, 6.07) is 0.546. The van der Waals surface area contributed by atoms with Gasteiger partial charge in [-0.1, -0.05) is 33.1 Å². The first-order chi connectivity index (χ1) is 8.76. The Morgan fingerprint density at radius 1 is 1.39 bits per heavy atom. The summed E-state index contributed by atoms with van der Waals surface area (Å²) in [7, 11) is 0. The van der Waals surface area contributed by atoms with E-state index in [1.807, 2.05) is 0 Å². The molecule has 18 heavy (non-hydrogen) atoms. The van der Waals surface area contributed by atoms with Crippen LogP contribution in [0.4, 0.5) is 0 Å². The molecule has 1 aromatic rings. The molecule has 0 bridgehead atoms. The lowest BCUT2D eigenvalue weighted by Gasteiger charge is -2.35. The third-order valence-electron chi connectivity index (χ3n) is 4.27. The van der Waals surface area contributed by atoms with Gasteiger partial charge in [0.1, 0.15) is 0 Å². The molecular weight excluding hydrogens is 306 g/mol. The predicted molar refractivity (Wildman–Crippen MR) is 84.2 cm³/mol. The van der Waals surface area contributed by atoms with Gasteiger partial charge in [-0.05, 0) is 58.1 Å². The van der Waals surface area contributed by atoms with E-state index in [0.717, 1.165) is 18.4 Å². The van der Waals surface area contributed by atoms with Crippen molar-refractivity contribution in [2.24, 2.45) is 11.8 Å². The Balaban J connectivity index is 2.12. The largest absolute Gasteiger partial charge is 0.310 e. The molecule has 3 atom stereocenters. The first-order valence-corrected chi connectivity index (χ1v) is 8.94. The lowest BCUT2D eigenvalue weighted by atomic mass is 9.75. The van der Waals surface area contributed by atoms with Gasteiger partial charge in [-0.2, -0.15) is 11.3 Å². The van der Waals surface area contributed by atoms with Gasteiger partial charge in [0.2, 0.25) is 0 Å². The van der Waals surface area contributed by atoms with Gasteiger partial charge < -0.3 is 5.32 Å². The van der Waals surface area contributed by atoms with E-state index in [4.69, 9.17) is 0 Å². The molecule has 3 unspecified atom stereocenters. The van der Waals surface area contributed by atoms with E-state index in [1.165, 1.54) is 42.1 Å². The van der Waals surface area contributed by atoms with Crippen molar-refractivity contribution in [3.8, 4) is 0 Å². The third-order valence-corrected chi connectivity index (χ3v) is 6.03. The minimum atomic E-state index is 0.546. The fraction of sp³-hybridized carbons (Fsp3) is 0.733. The predicted octanol–water partition coefficient (Wildman–Crippen LogP) is 5.38. The second kappa shape index (κ2) is 7.06. The van der Waals surface area contributed by atoms with Gasteiger partial charge in [-0.25, -0.2) is 0 Å². The zero-order valence-electron chi connectivity index (χ0n) is 11.4. The number of nitrogens with one attached hydrogen (secondary N) is 1. The highest BCUT2D eigenvalue weighted by atomic mass is 79.9. The Bertz CT molecular complexity index is 363. The van der Waals surface area contributed by atoms with Gasteiger partial charge in [0, 0.05) is 15.9 Å². The number of hydrogen-bond acceptors (Lipinski definition) is 2. The van der Waals surface area contributed by atoms with Crippen molar-refractivity contribution in [3.63, 3.8) is 0 Å². The Morgan fingerprint density at radius 3 is 2.83 bits per heavy atom. The average molecular weight is 330 g/mol. The van der Waals surface area contributed by atoms with Crippen molar-refractivity contribution in [1.29, 1.82) is 0 Å². The molecule has 102 valence electrons. The first kappa shape index (κ1) is 14.5. The molecular formula is C15H24BrNS. The van der Waals surface area contributed by atoms with Crippen LogP contribution in [0.25, 0.3) is 0 Å². The van der Waals surface area contributed by atoms with Crippen LogP contribution in [-0.2, 0) is 0 Å². The van der Waals surface area contributed by atoms with Crippen molar-refractivity contribution in [1.82, 2.24) is 5.32 Å². The Hall–Kier alpha value is 0.140. The number of rotatable bonds is 5. The molecule has 0 saturated heterocycles. The molecule has 0 aliphatic heterocycles. The summed E-state index contributed by atoms with van der Waals surface area (Å²) in [5, 5.41) is 8.24.